The molecule has 0 spiro atoms. The fourth-order valence-electron chi connectivity index (χ4n) is 2.52. The Hall–Kier alpha value is -1.26. The minimum atomic E-state index is 0.178. The third-order valence-corrected chi connectivity index (χ3v) is 3.57. The molecule has 1 fully saturated rings. The smallest absolute Gasteiger partial charge is 0.160 e. The molecule has 2 atom stereocenters. The predicted molar refractivity (Wildman–Crippen MR) is 69.9 cm³/mol. The van der Waals surface area contributed by atoms with Crippen molar-refractivity contribution in [3.8, 4) is 11.5 Å². The largest absolute Gasteiger partial charge is 0.504 e. The van der Waals surface area contributed by atoms with Crippen LogP contribution in [0.5, 0.6) is 11.5 Å². The van der Waals surface area contributed by atoms with Crippen molar-refractivity contribution < 1.29 is 14.6 Å². The van der Waals surface area contributed by atoms with Crippen LogP contribution in [0.1, 0.15) is 24.8 Å². The van der Waals surface area contributed by atoms with Crippen molar-refractivity contribution in [2.45, 2.75) is 38.0 Å². The fourth-order valence-corrected chi connectivity index (χ4v) is 2.52. The van der Waals surface area contributed by atoms with Gasteiger partial charge in [0.15, 0.2) is 11.5 Å². The highest BCUT2D eigenvalue weighted by molar-refractivity contribution is 5.41. The number of methoxy groups -OCH3 is 2. The van der Waals surface area contributed by atoms with E-state index < -0.39 is 0 Å². The summed E-state index contributed by atoms with van der Waals surface area (Å²) in [4.78, 5) is 0. The number of rotatable bonds is 5. The Morgan fingerprint density at radius 2 is 2.17 bits per heavy atom. The molecular weight excluding hydrogens is 230 g/mol. The van der Waals surface area contributed by atoms with Gasteiger partial charge in [0, 0.05) is 19.7 Å². The normalized spacial score (nSPS) is 23.2. The third-order valence-electron chi connectivity index (χ3n) is 3.57. The first kappa shape index (κ1) is 13.2. The summed E-state index contributed by atoms with van der Waals surface area (Å²) in [5.41, 5.74) is 1.10. The van der Waals surface area contributed by atoms with Crippen molar-refractivity contribution in [1.29, 1.82) is 0 Å². The van der Waals surface area contributed by atoms with Crippen molar-refractivity contribution in [1.82, 2.24) is 5.32 Å². The van der Waals surface area contributed by atoms with Crippen molar-refractivity contribution in [2.24, 2.45) is 0 Å². The van der Waals surface area contributed by atoms with E-state index in [2.05, 4.69) is 5.32 Å². The lowest BCUT2D eigenvalue weighted by atomic mass is 10.1. The molecule has 0 aliphatic heterocycles. The Kier molecular flexibility index (Phi) is 4.44. The molecule has 2 unspecified atom stereocenters. The number of ether oxygens (including phenoxy) is 2. The Bertz CT molecular complexity index is 395. The highest BCUT2D eigenvalue weighted by Crippen LogP contribution is 2.27. The van der Waals surface area contributed by atoms with Crippen LogP contribution in [0.3, 0.4) is 0 Å². The number of nitrogens with one attached hydrogen (secondary N) is 1. The zero-order valence-electron chi connectivity index (χ0n) is 11.0. The average Bonchev–Trinajstić information content (AvgIpc) is 2.85. The molecule has 4 heteroatoms. The third kappa shape index (κ3) is 2.94. The van der Waals surface area contributed by atoms with Crippen molar-refractivity contribution in [2.75, 3.05) is 14.2 Å². The van der Waals surface area contributed by atoms with Gasteiger partial charge >= 0.3 is 0 Å². The fraction of sp³-hybridized carbons (Fsp3) is 0.571. The second-order valence-electron chi connectivity index (χ2n) is 4.70. The Balaban J connectivity index is 1.93. The van der Waals surface area contributed by atoms with E-state index in [1.54, 1.807) is 20.3 Å². The summed E-state index contributed by atoms with van der Waals surface area (Å²) in [6, 6.07) is 5.86. The maximum absolute atomic E-state index is 9.53. The van der Waals surface area contributed by atoms with Gasteiger partial charge < -0.3 is 19.9 Å². The second-order valence-corrected chi connectivity index (χ2v) is 4.70. The quantitative estimate of drug-likeness (QED) is 0.841. The highest BCUT2D eigenvalue weighted by atomic mass is 16.5. The van der Waals surface area contributed by atoms with Gasteiger partial charge in [-0.05, 0) is 37.0 Å². The highest BCUT2D eigenvalue weighted by Gasteiger charge is 2.26. The van der Waals surface area contributed by atoms with Crippen LogP contribution in [0.25, 0.3) is 0 Å². The van der Waals surface area contributed by atoms with E-state index in [4.69, 9.17) is 9.47 Å². The number of hydrogen-bond acceptors (Lipinski definition) is 4. The molecule has 1 aliphatic carbocycles. The van der Waals surface area contributed by atoms with Gasteiger partial charge in [0.05, 0.1) is 13.2 Å². The number of phenolic OH excluding ortho intramolecular Hbond substituents is 1. The van der Waals surface area contributed by atoms with E-state index in [0.717, 1.165) is 24.9 Å². The predicted octanol–water partition coefficient (Wildman–Crippen LogP) is 2.06. The van der Waals surface area contributed by atoms with Gasteiger partial charge in [-0.25, -0.2) is 0 Å². The van der Waals surface area contributed by atoms with Crippen LogP contribution in [0.15, 0.2) is 18.2 Å². The average molecular weight is 251 g/mol. The number of aromatic hydroxyl groups is 1. The topological polar surface area (TPSA) is 50.7 Å². The summed E-state index contributed by atoms with van der Waals surface area (Å²) >= 11 is 0. The summed E-state index contributed by atoms with van der Waals surface area (Å²) in [7, 11) is 3.33. The zero-order chi connectivity index (χ0) is 13.0. The number of hydrogen-bond donors (Lipinski definition) is 2. The monoisotopic (exact) mass is 251 g/mol. The molecule has 0 saturated heterocycles. The Morgan fingerprint density at radius 1 is 1.33 bits per heavy atom. The maximum atomic E-state index is 9.53. The first-order valence-electron chi connectivity index (χ1n) is 6.36. The summed E-state index contributed by atoms with van der Waals surface area (Å²) < 4.78 is 10.5. The van der Waals surface area contributed by atoms with E-state index in [1.807, 2.05) is 12.1 Å². The molecule has 1 saturated carbocycles. The van der Waals surface area contributed by atoms with Crippen molar-refractivity contribution >= 4 is 0 Å². The summed E-state index contributed by atoms with van der Waals surface area (Å²) in [6.45, 7) is 0.765. The van der Waals surface area contributed by atoms with Crippen LogP contribution in [-0.2, 0) is 11.3 Å². The van der Waals surface area contributed by atoms with Crippen LogP contribution in [0, 0.1) is 0 Å². The first-order chi connectivity index (χ1) is 8.74. The molecule has 0 amide bonds. The van der Waals surface area contributed by atoms with Gasteiger partial charge in [0.1, 0.15) is 0 Å². The van der Waals surface area contributed by atoms with Crippen LogP contribution in [0.4, 0.5) is 0 Å². The van der Waals surface area contributed by atoms with E-state index >= 15 is 0 Å². The molecule has 1 aromatic carbocycles. The van der Waals surface area contributed by atoms with E-state index in [1.165, 1.54) is 6.42 Å². The maximum Gasteiger partial charge on any atom is 0.160 e. The van der Waals surface area contributed by atoms with E-state index in [9.17, 15) is 5.11 Å². The van der Waals surface area contributed by atoms with E-state index in [-0.39, 0.29) is 5.75 Å². The molecule has 0 heterocycles. The summed E-state index contributed by atoms with van der Waals surface area (Å²) in [6.07, 6.45) is 3.83. The van der Waals surface area contributed by atoms with Gasteiger partial charge in [-0.1, -0.05) is 6.07 Å². The van der Waals surface area contributed by atoms with Gasteiger partial charge in [0.2, 0.25) is 0 Å². The van der Waals surface area contributed by atoms with Gasteiger partial charge in [0.25, 0.3) is 0 Å². The molecule has 0 aromatic heterocycles. The van der Waals surface area contributed by atoms with Crippen molar-refractivity contribution in [3.63, 3.8) is 0 Å². The standard InChI is InChI=1S/C14H21NO3/c1-17-13-5-3-4-11(13)15-9-10-6-7-12(16)14(8-10)18-2/h6-8,11,13,15-16H,3-5,9H2,1-2H3. The zero-order valence-corrected chi connectivity index (χ0v) is 11.0. The Labute approximate surface area is 108 Å². The molecule has 2 N–H and O–H groups in total. The van der Waals surface area contributed by atoms with Crippen LogP contribution in [0.2, 0.25) is 0 Å². The first-order valence-corrected chi connectivity index (χ1v) is 6.36. The lowest BCUT2D eigenvalue weighted by Gasteiger charge is -2.19. The molecule has 0 radical (unpaired) electrons. The molecule has 2 rings (SSSR count). The van der Waals surface area contributed by atoms with Gasteiger partial charge in [-0.3, -0.25) is 0 Å². The lowest BCUT2D eigenvalue weighted by molar-refractivity contribution is 0.0847. The molecule has 1 aromatic rings. The van der Waals surface area contributed by atoms with Crippen LogP contribution < -0.4 is 10.1 Å². The van der Waals surface area contributed by atoms with Gasteiger partial charge in [-0.15, -0.1) is 0 Å². The number of phenols is 1. The van der Waals surface area contributed by atoms with Crippen LogP contribution in [-0.4, -0.2) is 31.5 Å². The molecular formula is C14H21NO3. The van der Waals surface area contributed by atoms with Crippen LogP contribution >= 0.6 is 0 Å². The minimum Gasteiger partial charge on any atom is -0.504 e. The molecule has 100 valence electrons. The minimum absolute atomic E-state index is 0.178. The Morgan fingerprint density at radius 3 is 2.89 bits per heavy atom. The lowest BCUT2D eigenvalue weighted by Crippen LogP contribution is -2.36. The van der Waals surface area contributed by atoms with E-state index in [0.29, 0.717) is 17.9 Å². The molecule has 18 heavy (non-hydrogen) atoms. The van der Waals surface area contributed by atoms with Crippen molar-refractivity contribution in [3.05, 3.63) is 23.8 Å². The number of benzene rings is 1. The summed E-state index contributed by atoms with van der Waals surface area (Å²) in [5, 5.41) is 13.0. The molecule has 4 nitrogen and oxygen atoms in total. The summed E-state index contributed by atoms with van der Waals surface area (Å²) in [5.74, 6) is 0.695. The molecule has 1 aliphatic rings. The second kappa shape index (κ2) is 6.07. The molecule has 0 bridgehead atoms. The van der Waals surface area contributed by atoms with Gasteiger partial charge in [-0.2, -0.15) is 0 Å². The SMILES string of the molecule is COc1cc(CNC2CCCC2OC)ccc1O.